The second-order valence-corrected chi connectivity index (χ2v) is 7.32. The van der Waals surface area contributed by atoms with Gasteiger partial charge in [0.2, 0.25) is 10.0 Å². The van der Waals surface area contributed by atoms with Crippen molar-refractivity contribution in [1.82, 2.24) is 4.90 Å². The molecule has 5 nitrogen and oxygen atoms in total. The van der Waals surface area contributed by atoms with Crippen molar-refractivity contribution in [3.63, 3.8) is 0 Å². The van der Waals surface area contributed by atoms with Crippen LogP contribution in [0.2, 0.25) is 0 Å². The van der Waals surface area contributed by atoms with Crippen LogP contribution in [-0.4, -0.2) is 32.8 Å². The van der Waals surface area contributed by atoms with E-state index in [4.69, 9.17) is 5.14 Å². The number of primary sulfonamides is 1. The first-order valence-electron chi connectivity index (χ1n) is 5.51. The summed E-state index contributed by atoms with van der Waals surface area (Å²) in [6.07, 6.45) is 0. The van der Waals surface area contributed by atoms with E-state index in [0.29, 0.717) is 23.6 Å². The van der Waals surface area contributed by atoms with Crippen molar-refractivity contribution >= 4 is 27.3 Å². The van der Waals surface area contributed by atoms with Crippen molar-refractivity contribution in [2.45, 2.75) is 25.0 Å². The lowest BCUT2D eigenvalue weighted by Crippen LogP contribution is -2.30. The molecule has 0 atom stereocenters. The highest BCUT2D eigenvalue weighted by molar-refractivity contribution is 7.91. The normalized spacial score (nSPS) is 11.9. The zero-order valence-corrected chi connectivity index (χ0v) is 12.6. The van der Waals surface area contributed by atoms with Gasteiger partial charge in [0, 0.05) is 19.0 Å². The fourth-order valence-corrected chi connectivity index (χ4v) is 3.73. The van der Waals surface area contributed by atoms with E-state index < -0.39 is 10.0 Å². The van der Waals surface area contributed by atoms with E-state index in [1.165, 1.54) is 0 Å². The van der Waals surface area contributed by atoms with Crippen LogP contribution in [0.3, 0.4) is 0 Å². The number of hydrogen-bond donors (Lipinski definition) is 1. The fourth-order valence-electron chi connectivity index (χ4n) is 1.73. The van der Waals surface area contributed by atoms with E-state index in [9.17, 15) is 13.2 Å². The zero-order valence-electron chi connectivity index (χ0n) is 10.9. The summed E-state index contributed by atoms with van der Waals surface area (Å²) in [4.78, 5) is 13.7. The largest absolute Gasteiger partial charge is 0.341 e. The quantitative estimate of drug-likeness (QED) is 0.911. The standard InChI is InChI=1S/C11H18N2O3S2/c1-7(2)5-13(4)10(14)9-6-17-11(8(9)3)18(12,15)16/h6-7H,5H2,1-4H3,(H2,12,15,16). The Morgan fingerprint density at radius 1 is 1.50 bits per heavy atom. The van der Waals surface area contributed by atoms with Gasteiger partial charge in [0.1, 0.15) is 4.21 Å². The molecule has 7 heteroatoms. The van der Waals surface area contributed by atoms with Crippen LogP contribution in [0.15, 0.2) is 9.59 Å². The molecule has 18 heavy (non-hydrogen) atoms. The van der Waals surface area contributed by atoms with Crippen LogP contribution in [0.25, 0.3) is 0 Å². The van der Waals surface area contributed by atoms with Crippen molar-refractivity contribution in [2.75, 3.05) is 13.6 Å². The van der Waals surface area contributed by atoms with Gasteiger partial charge in [-0.1, -0.05) is 13.8 Å². The molecule has 0 saturated carbocycles. The van der Waals surface area contributed by atoms with E-state index in [1.807, 2.05) is 13.8 Å². The minimum absolute atomic E-state index is 0.0591. The van der Waals surface area contributed by atoms with Crippen LogP contribution in [-0.2, 0) is 10.0 Å². The van der Waals surface area contributed by atoms with Gasteiger partial charge in [-0.25, -0.2) is 13.6 Å². The Morgan fingerprint density at radius 3 is 2.44 bits per heavy atom. The molecule has 0 spiro atoms. The van der Waals surface area contributed by atoms with Crippen LogP contribution in [0.4, 0.5) is 0 Å². The lowest BCUT2D eigenvalue weighted by atomic mass is 10.1. The Labute approximate surface area is 112 Å². The molecule has 0 bridgehead atoms. The summed E-state index contributed by atoms with van der Waals surface area (Å²) in [5.41, 5.74) is 0.843. The summed E-state index contributed by atoms with van der Waals surface area (Å²) >= 11 is 0.987. The highest BCUT2D eigenvalue weighted by Gasteiger charge is 2.23. The number of carbonyl (C=O) groups excluding carboxylic acids is 1. The van der Waals surface area contributed by atoms with Crippen molar-refractivity contribution in [3.05, 3.63) is 16.5 Å². The second-order valence-electron chi connectivity index (χ2n) is 4.69. The highest BCUT2D eigenvalue weighted by Crippen LogP contribution is 2.26. The Morgan fingerprint density at radius 2 is 2.06 bits per heavy atom. The lowest BCUT2D eigenvalue weighted by molar-refractivity contribution is 0.0779. The van der Waals surface area contributed by atoms with Gasteiger partial charge < -0.3 is 4.90 Å². The van der Waals surface area contributed by atoms with Gasteiger partial charge in [0.15, 0.2) is 0 Å². The molecule has 0 aliphatic carbocycles. The van der Waals surface area contributed by atoms with Crippen LogP contribution in [0.1, 0.15) is 29.8 Å². The Kier molecular flexibility index (Phi) is 4.52. The predicted octanol–water partition coefficient (Wildman–Crippen LogP) is 1.43. The number of nitrogens with two attached hydrogens (primary N) is 1. The Hall–Kier alpha value is -0.920. The van der Waals surface area contributed by atoms with Gasteiger partial charge in [-0.2, -0.15) is 0 Å². The third-order valence-corrected chi connectivity index (χ3v) is 5.15. The van der Waals surface area contributed by atoms with Gasteiger partial charge in [-0.15, -0.1) is 11.3 Å². The average Bonchev–Trinajstić information content (AvgIpc) is 2.57. The van der Waals surface area contributed by atoms with Crippen LogP contribution >= 0.6 is 11.3 Å². The minimum atomic E-state index is -3.75. The van der Waals surface area contributed by atoms with Crippen molar-refractivity contribution < 1.29 is 13.2 Å². The molecule has 0 aromatic carbocycles. The summed E-state index contributed by atoms with van der Waals surface area (Å²) in [6, 6.07) is 0. The number of sulfonamides is 1. The summed E-state index contributed by atoms with van der Waals surface area (Å²) < 4.78 is 22.7. The molecule has 102 valence electrons. The highest BCUT2D eigenvalue weighted by atomic mass is 32.2. The molecule has 0 unspecified atom stereocenters. The van der Waals surface area contributed by atoms with Crippen LogP contribution in [0.5, 0.6) is 0 Å². The van der Waals surface area contributed by atoms with E-state index in [-0.39, 0.29) is 10.1 Å². The molecule has 0 radical (unpaired) electrons. The van der Waals surface area contributed by atoms with Gasteiger partial charge in [-0.05, 0) is 18.4 Å². The number of nitrogens with zero attached hydrogens (tertiary/aromatic N) is 1. The van der Waals surface area contributed by atoms with E-state index in [2.05, 4.69) is 0 Å². The lowest BCUT2D eigenvalue weighted by Gasteiger charge is -2.19. The number of hydrogen-bond acceptors (Lipinski definition) is 4. The van der Waals surface area contributed by atoms with E-state index in [0.717, 1.165) is 11.3 Å². The maximum Gasteiger partial charge on any atom is 0.254 e. The van der Waals surface area contributed by atoms with Crippen LogP contribution in [0, 0.1) is 12.8 Å². The van der Waals surface area contributed by atoms with Gasteiger partial charge >= 0.3 is 0 Å². The number of thiophene rings is 1. The number of amides is 1. The average molecular weight is 290 g/mol. The smallest absolute Gasteiger partial charge is 0.254 e. The first kappa shape index (κ1) is 15.1. The molecular formula is C11H18N2O3S2. The molecule has 0 fully saturated rings. The third kappa shape index (κ3) is 3.30. The predicted molar refractivity (Wildman–Crippen MR) is 72.2 cm³/mol. The van der Waals surface area contributed by atoms with Gasteiger partial charge in [-0.3, -0.25) is 4.79 Å². The summed E-state index contributed by atoms with van der Waals surface area (Å²) in [7, 11) is -2.04. The van der Waals surface area contributed by atoms with E-state index in [1.54, 1.807) is 24.3 Å². The SMILES string of the molecule is Cc1c(C(=O)N(C)CC(C)C)csc1S(N)(=O)=O. The van der Waals surface area contributed by atoms with Gasteiger partial charge in [0.25, 0.3) is 5.91 Å². The molecule has 1 amide bonds. The third-order valence-electron chi connectivity index (χ3n) is 2.47. The summed E-state index contributed by atoms with van der Waals surface area (Å²) in [6.45, 7) is 6.26. The molecule has 0 aliphatic heterocycles. The number of rotatable bonds is 4. The molecule has 1 aromatic heterocycles. The fraction of sp³-hybridized carbons (Fsp3) is 0.545. The second kappa shape index (κ2) is 5.38. The van der Waals surface area contributed by atoms with Crippen molar-refractivity contribution in [2.24, 2.45) is 11.1 Å². The molecule has 2 N–H and O–H groups in total. The maximum absolute atomic E-state index is 12.1. The Bertz CT molecular complexity index is 547. The monoisotopic (exact) mass is 290 g/mol. The summed E-state index contributed by atoms with van der Waals surface area (Å²) in [5.74, 6) is 0.183. The molecule has 1 heterocycles. The molecule has 1 rings (SSSR count). The van der Waals surface area contributed by atoms with Crippen LogP contribution < -0.4 is 5.14 Å². The Balaban J connectivity index is 3.06. The molecule has 0 aliphatic rings. The minimum Gasteiger partial charge on any atom is -0.341 e. The topological polar surface area (TPSA) is 80.5 Å². The van der Waals surface area contributed by atoms with Crippen molar-refractivity contribution in [3.8, 4) is 0 Å². The molecular weight excluding hydrogens is 272 g/mol. The zero-order chi connectivity index (χ0) is 14.1. The van der Waals surface area contributed by atoms with Gasteiger partial charge in [0.05, 0.1) is 5.56 Å². The van der Waals surface area contributed by atoms with Crippen molar-refractivity contribution in [1.29, 1.82) is 0 Å². The summed E-state index contributed by atoms with van der Waals surface area (Å²) in [5, 5.41) is 6.64. The molecule has 0 saturated heterocycles. The molecule has 1 aromatic rings. The number of carbonyl (C=O) groups is 1. The maximum atomic E-state index is 12.1. The first-order chi connectivity index (χ1) is 8.14. The van der Waals surface area contributed by atoms with E-state index >= 15 is 0 Å². The first-order valence-corrected chi connectivity index (χ1v) is 7.93.